The highest BCUT2D eigenvalue weighted by molar-refractivity contribution is 5.69. The molecule has 1 unspecified atom stereocenters. The van der Waals surface area contributed by atoms with E-state index in [-0.39, 0.29) is 18.4 Å². The minimum Gasteiger partial charge on any atom is -0.497 e. The highest BCUT2D eigenvalue weighted by Gasteiger charge is 2.12. The van der Waals surface area contributed by atoms with Crippen molar-refractivity contribution in [3.05, 3.63) is 40.3 Å². The number of rotatable bonds is 7. The molecule has 0 bridgehead atoms. The van der Waals surface area contributed by atoms with Gasteiger partial charge in [-0.25, -0.2) is 0 Å². The molecule has 0 spiro atoms. The predicted octanol–water partition coefficient (Wildman–Crippen LogP) is 3.39. The van der Waals surface area contributed by atoms with Gasteiger partial charge in [0.2, 0.25) is 0 Å². The number of methoxy groups -OCH3 is 1. The second-order valence-electron chi connectivity index (χ2n) is 3.84. The van der Waals surface area contributed by atoms with Crippen LogP contribution in [0.2, 0.25) is 0 Å². The molecule has 0 aliphatic heterocycles. The third-order valence-electron chi connectivity index (χ3n) is 2.62. The van der Waals surface area contributed by atoms with Gasteiger partial charge >= 0.3 is 5.97 Å². The minimum atomic E-state index is -0.375. The summed E-state index contributed by atoms with van der Waals surface area (Å²) in [6.07, 6.45) is 0.652. The zero-order chi connectivity index (χ0) is 14.1. The van der Waals surface area contributed by atoms with E-state index in [4.69, 9.17) is 15.0 Å². The Bertz CT molecular complexity index is 453. The Morgan fingerprint density at radius 2 is 2.11 bits per heavy atom. The first kappa shape index (κ1) is 14.9. The molecule has 6 heteroatoms. The van der Waals surface area contributed by atoms with Crippen molar-refractivity contribution < 1.29 is 14.3 Å². The lowest BCUT2D eigenvalue weighted by atomic mass is 10.0. The van der Waals surface area contributed by atoms with Crippen molar-refractivity contribution in [1.29, 1.82) is 0 Å². The average Bonchev–Trinajstić information content (AvgIpc) is 2.44. The molecule has 1 atom stereocenters. The van der Waals surface area contributed by atoms with Crippen molar-refractivity contribution >= 4 is 5.97 Å². The van der Waals surface area contributed by atoms with Crippen LogP contribution in [0.15, 0.2) is 29.4 Å². The monoisotopic (exact) mass is 263 g/mol. The topological polar surface area (TPSA) is 84.3 Å². The molecule has 19 heavy (non-hydrogen) atoms. The molecule has 0 amide bonds. The van der Waals surface area contributed by atoms with Gasteiger partial charge in [-0.3, -0.25) is 4.79 Å². The van der Waals surface area contributed by atoms with Gasteiger partial charge in [0.25, 0.3) is 0 Å². The number of benzene rings is 1. The fourth-order valence-corrected chi connectivity index (χ4v) is 1.67. The van der Waals surface area contributed by atoms with Crippen LogP contribution >= 0.6 is 0 Å². The highest BCUT2D eigenvalue weighted by Crippen LogP contribution is 2.25. The largest absolute Gasteiger partial charge is 0.497 e. The highest BCUT2D eigenvalue weighted by atomic mass is 16.5. The van der Waals surface area contributed by atoms with E-state index in [2.05, 4.69) is 10.0 Å². The zero-order valence-corrected chi connectivity index (χ0v) is 11.1. The molecule has 1 aromatic carbocycles. The lowest BCUT2D eigenvalue weighted by Gasteiger charge is -2.11. The number of carbonyl (C=O) groups excluding carboxylic acids is 1. The summed E-state index contributed by atoms with van der Waals surface area (Å²) in [7, 11) is 1.58. The van der Waals surface area contributed by atoms with Gasteiger partial charge in [0, 0.05) is 11.3 Å². The average molecular weight is 263 g/mol. The summed E-state index contributed by atoms with van der Waals surface area (Å²) < 4.78 is 9.91. The van der Waals surface area contributed by atoms with E-state index in [9.17, 15) is 4.79 Å². The van der Waals surface area contributed by atoms with Crippen molar-refractivity contribution in [2.75, 3.05) is 13.7 Å². The molecule has 0 aliphatic rings. The van der Waals surface area contributed by atoms with Crippen LogP contribution < -0.4 is 4.74 Å². The molecule has 0 aliphatic carbocycles. The quantitative estimate of drug-likeness (QED) is 0.327. The molecule has 102 valence electrons. The van der Waals surface area contributed by atoms with Gasteiger partial charge in [-0.15, -0.1) is 0 Å². The Morgan fingerprint density at radius 1 is 1.42 bits per heavy atom. The van der Waals surface area contributed by atoms with Crippen LogP contribution in [0, 0.1) is 0 Å². The predicted molar refractivity (Wildman–Crippen MR) is 70.7 cm³/mol. The molecular formula is C13H17N3O3. The minimum absolute atomic E-state index is 0.226. The maximum absolute atomic E-state index is 11.3. The second-order valence-corrected chi connectivity index (χ2v) is 3.84. The Morgan fingerprint density at radius 3 is 2.63 bits per heavy atom. The second kappa shape index (κ2) is 8.00. The number of ether oxygens (including phenoxy) is 2. The van der Waals surface area contributed by atoms with Crippen LogP contribution in [0.1, 0.15) is 31.4 Å². The first-order valence-corrected chi connectivity index (χ1v) is 6.05. The molecule has 0 radical (unpaired) electrons. The normalized spacial score (nSPS) is 11.3. The molecule has 1 rings (SSSR count). The molecule has 0 fully saturated rings. The summed E-state index contributed by atoms with van der Waals surface area (Å²) in [6.45, 7) is 2.11. The summed E-state index contributed by atoms with van der Waals surface area (Å²) >= 11 is 0. The van der Waals surface area contributed by atoms with E-state index in [0.717, 1.165) is 11.3 Å². The Kier molecular flexibility index (Phi) is 6.26. The van der Waals surface area contributed by atoms with Gasteiger partial charge in [-0.05, 0) is 36.6 Å². The summed E-state index contributed by atoms with van der Waals surface area (Å²) in [6, 6.07) is 6.85. The molecule has 0 aromatic heterocycles. The number of nitrogens with zero attached hydrogens (tertiary/aromatic N) is 3. The van der Waals surface area contributed by atoms with E-state index in [1.807, 2.05) is 12.1 Å². The third kappa shape index (κ3) is 4.89. The number of carbonyl (C=O) groups is 1. The van der Waals surface area contributed by atoms with E-state index in [1.54, 1.807) is 26.2 Å². The lowest BCUT2D eigenvalue weighted by Crippen LogP contribution is -2.06. The van der Waals surface area contributed by atoms with Crippen molar-refractivity contribution in [3.8, 4) is 5.75 Å². The van der Waals surface area contributed by atoms with Crippen LogP contribution in [0.5, 0.6) is 5.75 Å². The van der Waals surface area contributed by atoms with Crippen LogP contribution in [0.3, 0.4) is 0 Å². The van der Waals surface area contributed by atoms with Gasteiger partial charge in [0.1, 0.15) is 5.75 Å². The lowest BCUT2D eigenvalue weighted by molar-refractivity contribution is -0.143. The van der Waals surface area contributed by atoms with E-state index >= 15 is 0 Å². The summed E-state index contributed by atoms with van der Waals surface area (Å²) in [5.41, 5.74) is 9.43. The van der Waals surface area contributed by atoms with Crippen molar-refractivity contribution in [2.24, 2.45) is 5.11 Å². The summed E-state index contributed by atoms with van der Waals surface area (Å²) in [5, 5.41) is 3.71. The first-order valence-electron chi connectivity index (χ1n) is 6.05. The molecule has 0 heterocycles. The number of azide groups is 1. The van der Waals surface area contributed by atoms with Crippen molar-refractivity contribution in [3.63, 3.8) is 0 Å². The fraction of sp³-hybridized carbons (Fsp3) is 0.462. The van der Waals surface area contributed by atoms with Gasteiger partial charge in [-0.2, -0.15) is 0 Å². The molecular weight excluding hydrogens is 246 g/mol. The van der Waals surface area contributed by atoms with Crippen LogP contribution in [0.4, 0.5) is 0 Å². The molecule has 0 saturated carbocycles. The van der Waals surface area contributed by atoms with Crippen LogP contribution in [0.25, 0.3) is 10.4 Å². The maximum atomic E-state index is 11.3. The fourth-order valence-electron chi connectivity index (χ4n) is 1.67. The summed E-state index contributed by atoms with van der Waals surface area (Å²) in [5.74, 6) is 0.447. The van der Waals surface area contributed by atoms with Gasteiger partial charge in [-0.1, -0.05) is 17.2 Å². The SMILES string of the molecule is CCOC(=O)CCC(N=[N+]=[N-])c1ccc(OC)cc1. The molecule has 1 aromatic rings. The summed E-state index contributed by atoms with van der Waals surface area (Å²) in [4.78, 5) is 14.1. The number of hydrogen-bond acceptors (Lipinski definition) is 4. The third-order valence-corrected chi connectivity index (χ3v) is 2.62. The Balaban J connectivity index is 2.70. The number of esters is 1. The smallest absolute Gasteiger partial charge is 0.305 e. The molecule has 6 nitrogen and oxygen atoms in total. The zero-order valence-electron chi connectivity index (χ0n) is 11.1. The van der Waals surface area contributed by atoms with E-state index in [1.165, 1.54) is 0 Å². The number of hydrogen-bond donors (Lipinski definition) is 0. The first-order chi connectivity index (χ1) is 9.21. The Labute approximate surface area is 112 Å². The molecule has 0 N–H and O–H groups in total. The Hall–Kier alpha value is -2.20. The van der Waals surface area contributed by atoms with E-state index in [0.29, 0.717) is 13.0 Å². The van der Waals surface area contributed by atoms with Crippen molar-refractivity contribution in [2.45, 2.75) is 25.8 Å². The van der Waals surface area contributed by atoms with Gasteiger partial charge in [0.15, 0.2) is 0 Å². The molecule has 0 saturated heterocycles. The standard InChI is InChI=1S/C13H17N3O3/c1-3-19-13(17)9-8-12(15-16-14)10-4-6-11(18-2)7-5-10/h4-7,12H,3,8-9H2,1-2H3. The maximum Gasteiger partial charge on any atom is 0.305 e. The van der Waals surface area contributed by atoms with Gasteiger partial charge < -0.3 is 9.47 Å². The van der Waals surface area contributed by atoms with Crippen LogP contribution in [-0.4, -0.2) is 19.7 Å². The van der Waals surface area contributed by atoms with Gasteiger partial charge in [0.05, 0.1) is 19.8 Å². The van der Waals surface area contributed by atoms with Crippen molar-refractivity contribution in [1.82, 2.24) is 0 Å². The van der Waals surface area contributed by atoms with Crippen LogP contribution in [-0.2, 0) is 9.53 Å². The van der Waals surface area contributed by atoms with E-state index < -0.39 is 0 Å².